The average molecular weight is 443 g/mol. The number of halogens is 2. The third kappa shape index (κ3) is 4.11. The Hall–Kier alpha value is -2.62. The minimum absolute atomic E-state index is 0.0679. The highest BCUT2D eigenvalue weighted by Gasteiger charge is 2.36. The van der Waals surface area contributed by atoms with Gasteiger partial charge >= 0.3 is 6.09 Å². The monoisotopic (exact) mass is 442 g/mol. The smallest absolute Gasteiger partial charge is 0.422 e. The van der Waals surface area contributed by atoms with Crippen molar-refractivity contribution in [3.8, 4) is 5.75 Å². The molecule has 8 nitrogen and oxygen atoms in total. The standard InChI is InChI=1S/C17H12Cl2N2O6S/c1-28(25,26)11-4-2-3-9(5-11)8-21-16(23)13(27-17(21)24)7-10-6-12(18)14(22)15(19)20-10/h2-7,22H,8H2,1H3/b13-7-. The van der Waals surface area contributed by atoms with Crippen molar-refractivity contribution in [3.63, 3.8) is 0 Å². The van der Waals surface area contributed by atoms with Gasteiger partial charge in [-0.1, -0.05) is 35.3 Å². The number of nitrogens with zero attached hydrogens (tertiary/aromatic N) is 2. The molecule has 2 aromatic rings. The first kappa shape index (κ1) is 20.1. The molecule has 0 atom stereocenters. The number of carbonyl (C=O) groups excluding carboxylic acids is 2. The summed E-state index contributed by atoms with van der Waals surface area (Å²) in [5.41, 5.74) is 0.535. The summed E-state index contributed by atoms with van der Waals surface area (Å²) < 4.78 is 28.3. The van der Waals surface area contributed by atoms with Crippen LogP contribution in [-0.2, 0) is 25.9 Å². The zero-order valence-corrected chi connectivity index (χ0v) is 16.5. The van der Waals surface area contributed by atoms with E-state index in [-0.39, 0.29) is 33.1 Å². The highest BCUT2D eigenvalue weighted by atomic mass is 35.5. The van der Waals surface area contributed by atoms with E-state index >= 15 is 0 Å². The first-order chi connectivity index (χ1) is 13.1. The fraction of sp³-hybridized carbons (Fsp3) is 0.118. The predicted octanol–water partition coefficient (Wildman–Crippen LogP) is 3.02. The Bertz CT molecular complexity index is 1110. The lowest BCUT2D eigenvalue weighted by Crippen LogP contribution is -2.28. The molecule has 1 fully saturated rings. The van der Waals surface area contributed by atoms with E-state index in [9.17, 15) is 23.1 Å². The van der Waals surface area contributed by atoms with E-state index in [1.165, 1.54) is 24.3 Å². The number of aromatic hydroxyl groups is 1. The predicted molar refractivity (Wildman–Crippen MR) is 100 cm³/mol. The van der Waals surface area contributed by atoms with Crippen LogP contribution >= 0.6 is 23.2 Å². The molecule has 1 aromatic heterocycles. The lowest BCUT2D eigenvalue weighted by molar-refractivity contribution is -0.123. The number of benzene rings is 1. The van der Waals surface area contributed by atoms with E-state index in [0.717, 1.165) is 17.2 Å². The number of aromatic nitrogens is 1. The second-order valence-corrected chi connectivity index (χ2v) is 8.64. The Labute approximate surface area is 169 Å². The number of imide groups is 1. The summed E-state index contributed by atoms with van der Waals surface area (Å²) in [6, 6.07) is 7.13. The van der Waals surface area contributed by atoms with Gasteiger partial charge in [0.15, 0.2) is 26.5 Å². The highest BCUT2D eigenvalue weighted by molar-refractivity contribution is 7.90. The van der Waals surface area contributed by atoms with E-state index in [1.54, 1.807) is 6.07 Å². The fourth-order valence-corrected chi connectivity index (χ4v) is 3.54. The molecular weight excluding hydrogens is 431 g/mol. The molecule has 0 aliphatic carbocycles. The second-order valence-electron chi connectivity index (χ2n) is 5.86. The van der Waals surface area contributed by atoms with Gasteiger partial charge in [0.05, 0.1) is 22.2 Å². The molecule has 3 rings (SSSR count). The number of amides is 2. The van der Waals surface area contributed by atoms with Gasteiger partial charge in [0.25, 0.3) is 5.91 Å². The minimum atomic E-state index is -3.43. The summed E-state index contributed by atoms with van der Waals surface area (Å²) in [6.07, 6.45) is 1.30. The van der Waals surface area contributed by atoms with Gasteiger partial charge in [0.1, 0.15) is 0 Å². The second kappa shape index (κ2) is 7.42. The Balaban J connectivity index is 1.87. The van der Waals surface area contributed by atoms with Crippen molar-refractivity contribution in [2.75, 3.05) is 6.26 Å². The average Bonchev–Trinajstić information content (AvgIpc) is 2.86. The van der Waals surface area contributed by atoms with E-state index in [0.29, 0.717) is 5.56 Å². The molecular formula is C17H12Cl2N2O6S. The quantitative estimate of drug-likeness (QED) is 0.571. The van der Waals surface area contributed by atoms with Gasteiger partial charge in [-0.05, 0) is 23.8 Å². The SMILES string of the molecule is CS(=O)(=O)c1cccc(CN2C(=O)O/C(=C\c3cc(Cl)c(O)c(Cl)n3)C2=O)c1. The zero-order valence-electron chi connectivity index (χ0n) is 14.2. The Morgan fingerprint density at radius 1 is 1.25 bits per heavy atom. The van der Waals surface area contributed by atoms with Crippen LogP contribution < -0.4 is 0 Å². The highest BCUT2D eigenvalue weighted by Crippen LogP contribution is 2.31. The van der Waals surface area contributed by atoms with Crippen LogP contribution in [-0.4, -0.2) is 41.7 Å². The molecule has 1 aliphatic rings. The van der Waals surface area contributed by atoms with Gasteiger partial charge < -0.3 is 9.84 Å². The molecule has 0 radical (unpaired) electrons. The fourth-order valence-electron chi connectivity index (χ4n) is 2.40. The van der Waals surface area contributed by atoms with Crippen LogP contribution in [0.15, 0.2) is 41.0 Å². The number of sulfone groups is 1. The van der Waals surface area contributed by atoms with E-state index in [2.05, 4.69) is 4.98 Å². The van der Waals surface area contributed by atoms with Gasteiger partial charge in [-0.25, -0.2) is 23.1 Å². The molecule has 0 unspecified atom stereocenters. The summed E-state index contributed by atoms with van der Waals surface area (Å²) in [5.74, 6) is -1.46. The third-order valence-electron chi connectivity index (χ3n) is 3.74. The van der Waals surface area contributed by atoms with E-state index < -0.39 is 27.6 Å². The summed E-state index contributed by atoms with van der Waals surface area (Å²) in [7, 11) is -3.43. The summed E-state index contributed by atoms with van der Waals surface area (Å²) in [5, 5.41) is 9.16. The van der Waals surface area contributed by atoms with Crippen molar-refractivity contribution in [2.45, 2.75) is 11.4 Å². The first-order valence-corrected chi connectivity index (χ1v) is 10.3. The van der Waals surface area contributed by atoms with Crippen LogP contribution in [0.25, 0.3) is 6.08 Å². The number of hydrogen-bond donors (Lipinski definition) is 1. The minimum Gasteiger partial charge on any atom is -0.504 e. The van der Waals surface area contributed by atoms with Crippen LogP contribution in [0, 0.1) is 0 Å². The Morgan fingerprint density at radius 3 is 2.61 bits per heavy atom. The van der Waals surface area contributed by atoms with Crippen LogP contribution in [0.2, 0.25) is 10.2 Å². The van der Waals surface area contributed by atoms with Crippen LogP contribution in [0.1, 0.15) is 11.3 Å². The van der Waals surface area contributed by atoms with Gasteiger partial charge in [-0.15, -0.1) is 0 Å². The number of pyridine rings is 1. The largest absolute Gasteiger partial charge is 0.504 e. The molecule has 28 heavy (non-hydrogen) atoms. The maximum absolute atomic E-state index is 12.5. The molecule has 2 heterocycles. The van der Waals surface area contributed by atoms with Gasteiger partial charge in [-0.3, -0.25) is 4.79 Å². The molecule has 1 aliphatic heterocycles. The van der Waals surface area contributed by atoms with E-state index in [4.69, 9.17) is 27.9 Å². The Morgan fingerprint density at radius 2 is 1.96 bits per heavy atom. The summed E-state index contributed by atoms with van der Waals surface area (Å²) in [4.78, 5) is 29.3. The first-order valence-electron chi connectivity index (χ1n) is 7.65. The number of carbonyl (C=O) groups is 2. The third-order valence-corrected chi connectivity index (χ3v) is 5.41. The van der Waals surface area contributed by atoms with Crippen LogP contribution in [0.5, 0.6) is 5.75 Å². The van der Waals surface area contributed by atoms with Crippen molar-refractivity contribution in [1.29, 1.82) is 0 Å². The van der Waals surface area contributed by atoms with Gasteiger partial charge in [-0.2, -0.15) is 0 Å². The van der Waals surface area contributed by atoms with Crippen molar-refractivity contribution < 1.29 is 27.9 Å². The molecule has 2 amide bonds. The van der Waals surface area contributed by atoms with Crippen molar-refractivity contribution >= 4 is 51.1 Å². The molecule has 1 saturated heterocycles. The lowest BCUT2D eigenvalue weighted by Gasteiger charge is -2.11. The molecule has 1 N–H and O–H groups in total. The molecule has 146 valence electrons. The van der Waals surface area contributed by atoms with Crippen LogP contribution in [0.4, 0.5) is 4.79 Å². The topological polar surface area (TPSA) is 114 Å². The van der Waals surface area contributed by atoms with Crippen molar-refractivity contribution in [2.24, 2.45) is 0 Å². The maximum atomic E-state index is 12.5. The molecule has 0 bridgehead atoms. The van der Waals surface area contributed by atoms with Crippen LogP contribution in [0.3, 0.4) is 0 Å². The Kier molecular flexibility index (Phi) is 5.33. The summed E-state index contributed by atoms with van der Waals surface area (Å²) >= 11 is 11.5. The van der Waals surface area contributed by atoms with E-state index in [1.807, 2.05) is 0 Å². The number of rotatable bonds is 4. The number of cyclic esters (lactones) is 1. The maximum Gasteiger partial charge on any atom is 0.422 e. The van der Waals surface area contributed by atoms with Crippen molar-refractivity contribution in [1.82, 2.24) is 9.88 Å². The lowest BCUT2D eigenvalue weighted by atomic mass is 10.2. The molecule has 11 heteroatoms. The molecule has 1 aromatic carbocycles. The van der Waals surface area contributed by atoms with Gasteiger partial charge in [0.2, 0.25) is 0 Å². The van der Waals surface area contributed by atoms with Crippen molar-refractivity contribution in [3.05, 3.63) is 57.5 Å². The molecule has 0 saturated carbocycles. The molecule has 0 spiro atoms. The number of ether oxygens (including phenoxy) is 1. The zero-order chi connectivity index (χ0) is 20.6. The van der Waals surface area contributed by atoms with Gasteiger partial charge in [0, 0.05) is 12.3 Å². The summed E-state index contributed by atoms with van der Waals surface area (Å²) in [6.45, 7) is -0.178. The normalized spacial score (nSPS) is 16.0. The number of hydrogen-bond acceptors (Lipinski definition) is 7.